The second-order valence-electron chi connectivity index (χ2n) is 2.56. The number of fused-ring (bicyclic) bond motifs is 1. The first kappa shape index (κ1) is 6.91. The maximum Gasteiger partial charge on any atom is 0.154 e. The summed E-state index contributed by atoms with van der Waals surface area (Å²) in [6, 6.07) is 5.00. The molecule has 0 aliphatic rings. The molecule has 1 aromatic carbocycles. The highest BCUT2D eigenvalue weighted by atomic mass is 16.3. The highest BCUT2D eigenvalue weighted by Crippen LogP contribution is 2.24. The molecule has 0 saturated carbocycles. The molecule has 0 amide bonds. The van der Waals surface area contributed by atoms with E-state index in [1.54, 1.807) is 18.3 Å². The first-order chi connectivity index (χ1) is 5.83. The number of phenolic OH excluding ortho intramolecular Hbond substituents is 1. The molecule has 60 valence electrons. The van der Waals surface area contributed by atoms with E-state index >= 15 is 0 Å². The van der Waals surface area contributed by atoms with Gasteiger partial charge in [-0.05, 0) is 18.2 Å². The Balaban J connectivity index is 2.91. The van der Waals surface area contributed by atoms with Crippen molar-refractivity contribution in [1.29, 1.82) is 0 Å². The van der Waals surface area contributed by atoms with Crippen molar-refractivity contribution in [3.8, 4) is 5.75 Å². The van der Waals surface area contributed by atoms with Crippen LogP contribution in [0.25, 0.3) is 10.9 Å². The lowest BCUT2D eigenvalue weighted by atomic mass is 10.1. The zero-order valence-electron chi connectivity index (χ0n) is 6.24. The molecule has 0 spiro atoms. The van der Waals surface area contributed by atoms with Gasteiger partial charge in [0.15, 0.2) is 6.29 Å². The fraction of sp³-hybridized carbons (Fsp3) is 0. The van der Waals surface area contributed by atoms with Crippen LogP contribution >= 0.6 is 0 Å². The van der Waals surface area contributed by atoms with Crippen LogP contribution in [0.4, 0.5) is 0 Å². The first-order valence-electron chi connectivity index (χ1n) is 3.57. The van der Waals surface area contributed by atoms with Crippen LogP contribution in [-0.4, -0.2) is 16.4 Å². The average molecular weight is 161 g/mol. The van der Waals surface area contributed by atoms with Gasteiger partial charge in [0.2, 0.25) is 0 Å². The predicted octanol–water partition coefficient (Wildman–Crippen LogP) is 1.69. The minimum Gasteiger partial charge on any atom is -0.507 e. The van der Waals surface area contributed by atoms with Gasteiger partial charge in [-0.1, -0.05) is 0 Å². The van der Waals surface area contributed by atoms with Gasteiger partial charge in [-0.2, -0.15) is 0 Å². The highest BCUT2D eigenvalue weighted by molar-refractivity contribution is 5.99. The van der Waals surface area contributed by atoms with Crippen molar-refractivity contribution in [3.63, 3.8) is 0 Å². The summed E-state index contributed by atoms with van der Waals surface area (Å²) in [5.74, 6) is 0.0251. The lowest BCUT2D eigenvalue weighted by molar-refractivity contribution is 0.112. The SMILES string of the molecule is O=Cc1c(O)ccc2[nH]ccc12. The predicted molar refractivity (Wildman–Crippen MR) is 45.4 cm³/mol. The van der Waals surface area contributed by atoms with E-state index in [0.29, 0.717) is 11.8 Å². The fourth-order valence-electron chi connectivity index (χ4n) is 1.27. The van der Waals surface area contributed by atoms with Gasteiger partial charge in [0, 0.05) is 17.1 Å². The molecule has 2 N–H and O–H groups in total. The van der Waals surface area contributed by atoms with Gasteiger partial charge in [-0.25, -0.2) is 0 Å². The lowest BCUT2D eigenvalue weighted by Gasteiger charge is -1.97. The quantitative estimate of drug-likeness (QED) is 0.625. The molecule has 0 saturated heterocycles. The number of aromatic amines is 1. The van der Waals surface area contributed by atoms with Crippen molar-refractivity contribution in [2.24, 2.45) is 0 Å². The number of carbonyl (C=O) groups excluding carboxylic acids is 1. The van der Waals surface area contributed by atoms with Crippen molar-refractivity contribution >= 4 is 17.2 Å². The largest absolute Gasteiger partial charge is 0.507 e. The summed E-state index contributed by atoms with van der Waals surface area (Å²) in [6.07, 6.45) is 2.39. The Bertz CT molecular complexity index is 431. The zero-order chi connectivity index (χ0) is 8.55. The minimum atomic E-state index is 0.0251. The molecular formula is C9H7NO2. The molecule has 0 radical (unpaired) electrons. The Labute approximate surface area is 68.6 Å². The van der Waals surface area contributed by atoms with E-state index in [4.69, 9.17) is 0 Å². The van der Waals surface area contributed by atoms with E-state index in [1.807, 2.05) is 0 Å². The van der Waals surface area contributed by atoms with Crippen molar-refractivity contribution in [2.45, 2.75) is 0 Å². The monoisotopic (exact) mass is 161 g/mol. The Hall–Kier alpha value is -1.77. The molecule has 3 nitrogen and oxygen atoms in total. The van der Waals surface area contributed by atoms with Crippen molar-refractivity contribution < 1.29 is 9.90 Å². The topological polar surface area (TPSA) is 53.1 Å². The molecule has 1 aromatic heterocycles. The third-order valence-electron chi connectivity index (χ3n) is 1.87. The molecule has 0 aliphatic heterocycles. The van der Waals surface area contributed by atoms with Crippen LogP contribution in [0.1, 0.15) is 10.4 Å². The third-order valence-corrected chi connectivity index (χ3v) is 1.87. The Morgan fingerprint density at radius 2 is 2.17 bits per heavy atom. The summed E-state index contributed by atoms with van der Waals surface area (Å²) in [4.78, 5) is 13.5. The minimum absolute atomic E-state index is 0.0251. The highest BCUT2D eigenvalue weighted by Gasteiger charge is 2.05. The smallest absolute Gasteiger partial charge is 0.154 e. The van der Waals surface area contributed by atoms with E-state index < -0.39 is 0 Å². The van der Waals surface area contributed by atoms with E-state index in [0.717, 1.165) is 10.9 Å². The van der Waals surface area contributed by atoms with Crippen LogP contribution in [0.2, 0.25) is 0 Å². The zero-order valence-corrected chi connectivity index (χ0v) is 6.24. The van der Waals surface area contributed by atoms with Crippen molar-refractivity contribution in [1.82, 2.24) is 4.98 Å². The molecule has 0 fully saturated rings. The molecule has 2 rings (SSSR count). The van der Waals surface area contributed by atoms with E-state index in [9.17, 15) is 9.90 Å². The maximum atomic E-state index is 10.6. The lowest BCUT2D eigenvalue weighted by Crippen LogP contribution is -1.81. The van der Waals surface area contributed by atoms with Gasteiger partial charge in [-0.3, -0.25) is 4.79 Å². The summed E-state index contributed by atoms with van der Waals surface area (Å²) in [6.45, 7) is 0. The Kier molecular flexibility index (Phi) is 1.37. The molecule has 0 aliphatic carbocycles. The van der Waals surface area contributed by atoms with Crippen molar-refractivity contribution in [2.75, 3.05) is 0 Å². The normalized spacial score (nSPS) is 10.3. The second-order valence-corrected chi connectivity index (χ2v) is 2.56. The Morgan fingerprint density at radius 3 is 2.92 bits per heavy atom. The van der Waals surface area contributed by atoms with Gasteiger partial charge >= 0.3 is 0 Å². The molecular weight excluding hydrogens is 154 g/mol. The van der Waals surface area contributed by atoms with E-state index in [1.165, 1.54) is 6.07 Å². The molecule has 0 unspecified atom stereocenters. The van der Waals surface area contributed by atoms with Gasteiger partial charge in [0.25, 0.3) is 0 Å². The summed E-state index contributed by atoms with van der Waals surface area (Å²) < 4.78 is 0. The Morgan fingerprint density at radius 1 is 1.33 bits per heavy atom. The van der Waals surface area contributed by atoms with E-state index in [2.05, 4.69) is 4.98 Å². The van der Waals surface area contributed by atoms with Gasteiger partial charge in [0.1, 0.15) is 5.75 Å². The standard InChI is InChI=1S/C9H7NO2/c11-5-7-6-3-4-10-8(6)1-2-9(7)12/h1-5,10,12H. The van der Waals surface area contributed by atoms with Crippen LogP contribution in [0.5, 0.6) is 5.75 Å². The average Bonchev–Trinajstić information content (AvgIpc) is 2.52. The number of rotatable bonds is 1. The molecule has 0 atom stereocenters. The number of benzene rings is 1. The van der Waals surface area contributed by atoms with Gasteiger partial charge in [-0.15, -0.1) is 0 Å². The van der Waals surface area contributed by atoms with E-state index in [-0.39, 0.29) is 5.75 Å². The summed E-state index contributed by atoms with van der Waals surface area (Å²) in [5, 5.41) is 10.0. The van der Waals surface area contributed by atoms with Crippen molar-refractivity contribution in [3.05, 3.63) is 30.0 Å². The maximum absolute atomic E-state index is 10.6. The molecule has 2 aromatic rings. The molecule has 0 bridgehead atoms. The molecule has 3 heteroatoms. The molecule has 12 heavy (non-hydrogen) atoms. The van der Waals surface area contributed by atoms with Crippen LogP contribution in [-0.2, 0) is 0 Å². The van der Waals surface area contributed by atoms with Crippen LogP contribution in [0.15, 0.2) is 24.4 Å². The number of H-pyrrole nitrogens is 1. The first-order valence-corrected chi connectivity index (χ1v) is 3.57. The van der Waals surface area contributed by atoms with Crippen LogP contribution in [0.3, 0.4) is 0 Å². The third kappa shape index (κ3) is 0.797. The number of aromatic hydroxyl groups is 1. The fourth-order valence-corrected chi connectivity index (χ4v) is 1.27. The van der Waals surface area contributed by atoms with Gasteiger partial charge in [0.05, 0.1) is 5.56 Å². The van der Waals surface area contributed by atoms with Crippen LogP contribution in [0, 0.1) is 0 Å². The van der Waals surface area contributed by atoms with Gasteiger partial charge < -0.3 is 10.1 Å². The summed E-state index contributed by atoms with van der Waals surface area (Å²) in [7, 11) is 0. The number of nitrogens with one attached hydrogen (secondary N) is 1. The number of carbonyl (C=O) groups is 1. The summed E-state index contributed by atoms with van der Waals surface area (Å²) in [5.41, 5.74) is 1.20. The number of hydrogen-bond donors (Lipinski definition) is 2. The number of aldehydes is 1. The number of hydrogen-bond acceptors (Lipinski definition) is 2. The molecule has 1 heterocycles. The summed E-state index contributed by atoms with van der Waals surface area (Å²) >= 11 is 0. The number of aromatic nitrogens is 1. The van der Waals surface area contributed by atoms with Crippen LogP contribution < -0.4 is 0 Å². The number of phenols is 1. The second kappa shape index (κ2) is 2.37.